The van der Waals surface area contributed by atoms with E-state index in [-0.39, 0.29) is 0 Å². The molecule has 0 aliphatic rings. The topological polar surface area (TPSA) is 57.5 Å². The van der Waals surface area contributed by atoms with Crippen LogP contribution in [0.25, 0.3) is 0 Å². The Morgan fingerprint density at radius 1 is 1.35 bits per heavy atom. The zero-order valence-corrected chi connectivity index (χ0v) is 11.4. The fourth-order valence-corrected chi connectivity index (χ4v) is 2.00. The molecule has 0 spiro atoms. The third kappa shape index (κ3) is 4.13. The summed E-state index contributed by atoms with van der Waals surface area (Å²) in [5, 5.41) is 19.2. The average Bonchev–Trinajstić information content (AvgIpc) is 2.29. The number of carboxylic acid groups (broad SMARTS) is 1. The maximum Gasteiger partial charge on any atom is 0.309 e. The number of aliphatic hydroxyl groups is 1. The monoisotopic (exact) mass is 300 g/mol. The highest BCUT2D eigenvalue weighted by atomic mass is 79.9. The first kappa shape index (κ1) is 14.2. The van der Waals surface area contributed by atoms with Gasteiger partial charge in [-0.2, -0.15) is 0 Å². The van der Waals surface area contributed by atoms with Crippen molar-refractivity contribution in [2.24, 2.45) is 5.92 Å². The van der Waals surface area contributed by atoms with Crippen LogP contribution in [-0.4, -0.2) is 16.2 Å². The Kier molecular flexibility index (Phi) is 5.65. The van der Waals surface area contributed by atoms with Crippen molar-refractivity contribution in [3.63, 3.8) is 0 Å². The van der Waals surface area contributed by atoms with E-state index in [1.54, 1.807) is 24.3 Å². The summed E-state index contributed by atoms with van der Waals surface area (Å²) < 4.78 is 0.911. The van der Waals surface area contributed by atoms with E-state index in [2.05, 4.69) is 15.9 Å². The number of carbonyl (C=O) groups is 1. The number of benzene rings is 1. The maximum absolute atomic E-state index is 11.1. The van der Waals surface area contributed by atoms with Crippen molar-refractivity contribution in [2.75, 3.05) is 0 Å². The summed E-state index contributed by atoms with van der Waals surface area (Å²) in [7, 11) is 0. The first-order valence-electron chi connectivity index (χ1n) is 5.72. The predicted octanol–water partition coefficient (Wildman–Crippen LogP) is 3.37. The highest BCUT2D eigenvalue weighted by Gasteiger charge is 2.26. The molecule has 4 heteroatoms. The second kappa shape index (κ2) is 6.77. The molecular weight excluding hydrogens is 284 g/mol. The van der Waals surface area contributed by atoms with Crippen molar-refractivity contribution in [1.82, 2.24) is 0 Å². The van der Waals surface area contributed by atoms with Gasteiger partial charge in [-0.25, -0.2) is 0 Å². The van der Waals surface area contributed by atoms with Crippen molar-refractivity contribution in [1.29, 1.82) is 0 Å². The third-order valence-corrected chi connectivity index (χ3v) is 3.31. The van der Waals surface area contributed by atoms with Crippen LogP contribution in [0.15, 0.2) is 28.7 Å². The van der Waals surface area contributed by atoms with Crippen LogP contribution in [0.1, 0.15) is 37.9 Å². The van der Waals surface area contributed by atoms with E-state index in [1.165, 1.54) is 0 Å². The van der Waals surface area contributed by atoms with Gasteiger partial charge in [-0.1, -0.05) is 47.8 Å². The smallest absolute Gasteiger partial charge is 0.309 e. The molecule has 0 fully saturated rings. The molecule has 2 atom stereocenters. The van der Waals surface area contributed by atoms with E-state index < -0.39 is 18.0 Å². The summed E-state index contributed by atoms with van der Waals surface area (Å²) >= 11 is 3.30. The van der Waals surface area contributed by atoms with Gasteiger partial charge in [-0.3, -0.25) is 4.79 Å². The van der Waals surface area contributed by atoms with Gasteiger partial charge in [0.15, 0.2) is 0 Å². The molecule has 2 N–H and O–H groups in total. The van der Waals surface area contributed by atoms with Crippen LogP contribution >= 0.6 is 15.9 Å². The molecule has 1 aromatic carbocycles. The summed E-state index contributed by atoms with van der Waals surface area (Å²) in [5.41, 5.74) is 0.650. The zero-order valence-electron chi connectivity index (χ0n) is 9.77. The Morgan fingerprint density at radius 2 is 1.94 bits per heavy atom. The van der Waals surface area contributed by atoms with Gasteiger partial charge >= 0.3 is 5.97 Å². The van der Waals surface area contributed by atoms with Crippen LogP contribution in [0, 0.1) is 5.92 Å². The van der Waals surface area contributed by atoms with Crippen LogP contribution in [0.4, 0.5) is 0 Å². The molecule has 94 valence electrons. The van der Waals surface area contributed by atoms with Crippen molar-refractivity contribution < 1.29 is 15.0 Å². The molecule has 3 nitrogen and oxygen atoms in total. The lowest BCUT2D eigenvalue weighted by Gasteiger charge is -2.19. The molecule has 1 aromatic rings. The predicted molar refractivity (Wildman–Crippen MR) is 69.8 cm³/mol. The Hall–Kier alpha value is -0.870. The van der Waals surface area contributed by atoms with Crippen molar-refractivity contribution >= 4 is 21.9 Å². The van der Waals surface area contributed by atoms with Crippen LogP contribution in [-0.2, 0) is 4.79 Å². The second-order valence-electron chi connectivity index (χ2n) is 4.08. The normalized spacial score (nSPS) is 14.3. The molecule has 0 heterocycles. The zero-order chi connectivity index (χ0) is 12.8. The molecule has 0 aromatic heterocycles. The molecule has 17 heavy (non-hydrogen) atoms. The van der Waals surface area contributed by atoms with Gasteiger partial charge in [0, 0.05) is 4.47 Å². The minimum absolute atomic E-state index is 0.503. The number of rotatable bonds is 6. The van der Waals surface area contributed by atoms with Crippen molar-refractivity contribution in [3.05, 3.63) is 34.3 Å². The summed E-state index contributed by atoms with van der Waals surface area (Å²) in [5.74, 6) is -1.66. The van der Waals surface area contributed by atoms with E-state index in [9.17, 15) is 9.90 Å². The molecule has 0 aliphatic carbocycles. The first-order chi connectivity index (χ1) is 8.06. The van der Waals surface area contributed by atoms with Gasteiger partial charge in [0.2, 0.25) is 0 Å². The molecular formula is C13H17BrO3. The molecule has 0 amide bonds. The van der Waals surface area contributed by atoms with Gasteiger partial charge in [0.25, 0.3) is 0 Å². The molecule has 0 saturated heterocycles. The molecule has 2 unspecified atom stereocenters. The van der Waals surface area contributed by atoms with E-state index in [0.29, 0.717) is 12.0 Å². The van der Waals surface area contributed by atoms with E-state index in [0.717, 1.165) is 17.3 Å². The third-order valence-electron chi connectivity index (χ3n) is 2.78. The number of hydrogen-bond acceptors (Lipinski definition) is 2. The lowest BCUT2D eigenvalue weighted by atomic mass is 9.91. The number of hydrogen-bond donors (Lipinski definition) is 2. The standard InChI is InChI=1S/C13H17BrO3/c1-2-3-4-11(13(16)17)12(15)9-5-7-10(14)8-6-9/h5-8,11-12,15H,2-4H2,1H3,(H,16,17). The van der Waals surface area contributed by atoms with E-state index in [1.807, 2.05) is 6.92 Å². The Labute approximate surface area is 110 Å². The lowest BCUT2D eigenvalue weighted by Crippen LogP contribution is -2.22. The largest absolute Gasteiger partial charge is 0.481 e. The number of aliphatic carboxylic acids is 1. The summed E-state index contributed by atoms with van der Waals surface area (Å²) in [4.78, 5) is 11.1. The minimum atomic E-state index is -0.938. The number of aliphatic hydroxyl groups excluding tert-OH is 1. The van der Waals surface area contributed by atoms with Crippen LogP contribution in [0.5, 0.6) is 0 Å². The van der Waals surface area contributed by atoms with Crippen LogP contribution in [0.2, 0.25) is 0 Å². The van der Waals surface area contributed by atoms with E-state index >= 15 is 0 Å². The number of carboxylic acids is 1. The quantitative estimate of drug-likeness (QED) is 0.847. The van der Waals surface area contributed by atoms with Gasteiger partial charge in [0.1, 0.15) is 0 Å². The van der Waals surface area contributed by atoms with Gasteiger partial charge in [0.05, 0.1) is 12.0 Å². The summed E-state index contributed by atoms with van der Waals surface area (Å²) in [6.45, 7) is 2.00. The van der Waals surface area contributed by atoms with Crippen LogP contribution < -0.4 is 0 Å². The fraction of sp³-hybridized carbons (Fsp3) is 0.462. The van der Waals surface area contributed by atoms with Crippen molar-refractivity contribution in [2.45, 2.75) is 32.3 Å². The maximum atomic E-state index is 11.1. The average molecular weight is 301 g/mol. The highest BCUT2D eigenvalue weighted by molar-refractivity contribution is 9.10. The van der Waals surface area contributed by atoms with Crippen molar-refractivity contribution in [3.8, 4) is 0 Å². The minimum Gasteiger partial charge on any atom is -0.481 e. The Bertz CT molecular complexity index is 361. The number of halogens is 1. The SMILES string of the molecule is CCCCC(C(=O)O)C(O)c1ccc(Br)cc1. The molecule has 0 bridgehead atoms. The van der Waals surface area contributed by atoms with Gasteiger partial charge < -0.3 is 10.2 Å². The van der Waals surface area contributed by atoms with Gasteiger partial charge in [-0.15, -0.1) is 0 Å². The second-order valence-corrected chi connectivity index (χ2v) is 5.00. The van der Waals surface area contributed by atoms with Gasteiger partial charge in [-0.05, 0) is 24.1 Å². The molecule has 1 rings (SSSR count). The number of unbranched alkanes of at least 4 members (excludes halogenated alkanes) is 1. The summed E-state index contributed by atoms with van der Waals surface area (Å²) in [6, 6.07) is 7.10. The molecule has 0 radical (unpaired) electrons. The van der Waals surface area contributed by atoms with E-state index in [4.69, 9.17) is 5.11 Å². The summed E-state index contributed by atoms with van der Waals surface area (Å²) in [6.07, 6.45) is 1.30. The first-order valence-corrected chi connectivity index (χ1v) is 6.52. The molecule has 0 aliphatic heterocycles. The highest BCUT2D eigenvalue weighted by Crippen LogP contribution is 2.27. The molecule has 0 saturated carbocycles. The Balaban J connectivity index is 2.79. The lowest BCUT2D eigenvalue weighted by molar-refractivity contribution is -0.146. The Morgan fingerprint density at radius 3 is 2.41 bits per heavy atom. The van der Waals surface area contributed by atoms with Crippen LogP contribution in [0.3, 0.4) is 0 Å². The fourth-order valence-electron chi connectivity index (χ4n) is 1.73.